The topological polar surface area (TPSA) is 285 Å². The average Bonchev–Trinajstić information content (AvgIpc) is 3.96. The number of nitrogens with zero attached hydrogens (tertiary/aromatic N) is 6. The van der Waals surface area contributed by atoms with Crippen molar-refractivity contribution in [1.82, 2.24) is 34.9 Å². The van der Waals surface area contributed by atoms with Gasteiger partial charge in [0.25, 0.3) is 23.6 Å². The van der Waals surface area contributed by atoms with Crippen LogP contribution in [0.25, 0.3) is 11.5 Å². The second kappa shape index (κ2) is 19.4. The molecule has 6 N–H and O–H groups in total. The fraction of sp³-hybridized carbons (Fsp3) is 0.385. The first kappa shape index (κ1) is 44.8. The van der Waals surface area contributed by atoms with E-state index in [1.165, 1.54) is 40.2 Å². The molecule has 22 nitrogen and oxygen atoms in total. The van der Waals surface area contributed by atoms with Gasteiger partial charge in [-0.15, -0.1) is 0 Å². The van der Waals surface area contributed by atoms with E-state index in [4.69, 9.17) is 24.4 Å². The number of carbonyl (C=O) groups excluding carboxylic acids is 7. The Morgan fingerprint density at radius 3 is 2.44 bits per heavy atom. The van der Waals surface area contributed by atoms with Gasteiger partial charge >= 0.3 is 6.18 Å². The number of rotatable bonds is 20. The lowest BCUT2D eigenvalue weighted by Gasteiger charge is -2.39. The van der Waals surface area contributed by atoms with Crippen LogP contribution in [0.5, 0.6) is 0 Å². The molecule has 25 heteroatoms. The summed E-state index contributed by atoms with van der Waals surface area (Å²) in [5.74, 6) is -4.52. The number of nitrogens with two attached hydrogens (primary N) is 1. The number of halogens is 3. The molecule has 1 unspecified atom stereocenters. The zero-order valence-electron chi connectivity index (χ0n) is 33.6. The predicted molar refractivity (Wildman–Crippen MR) is 213 cm³/mol. The molecule has 338 valence electrons. The first-order valence-electron chi connectivity index (χ1n) is 19.7. The summed E-state index contributed by atoms with van der Waals surface area (Å²) in [6.45, 7) is 0.289. The number of carbonyl (C=O) groups is 7. The number of aromatic nitrogens is 4. The van der Waals surface area contributed by atoms with Crippen molar-refractivity contribution in [2.24, 2.45) is 5.73 Å². The number of ether oxygens (including phenoxy) is 3. The van der Waals surface area contributed by atoms with E-state index in [2.05, 4.69) is 36.3 Å². The lowest BCUT2D eigenvalue weighted by molar-refractivity contribution is -0.142. The molecule has 0 bridgehead atoms. The molecule has 0 saturated carbocycles. The zero-order chi connectivity index (χ0) is 45.5. The van der Waals surface area contributed by atoms with Crippen LogP contribution in [0.1, 0.15) is 60.6 Å². The summed E-state index contributed by atoms with van der Waals surface area (Å²) in [7, 11) is 0. The highest BCUT2D eigenvalue weighted by Crippen LogP contribution is 2.32. The highest BCUT2D eigenvalue weighted by Gasteiger charge is 2.45. The smallest absolute Gasteiger partial charge is 0.405 e. The van der Waals surface area contributed by atoms with E-state index in [1.54, 1.807) is 12.1 Å². The van der Waals surface area contributed by atoms with E-state index in [9.17, 15) is 46.7 Å². The molecular formula is C39H40F3N11O11. The Kier molecular flexibility index (Phi) is 13.6. The number of nitrogens with one attached hydrogen (secondary N) is 4. The molecule has 1 aromatic carbocycles. The van der Waals surface area contributed by atoms with Gasteiger partial charge in [-0.25, -0.2) is 9.97 Å². The van der Waals surface area contributed by atoms with Gasteiger partial charge in [0.1, 0.15) is 31.3 Å². The Morgan fingerprint density at radius 1 is 0.953 bits per heavy atom. The maximum atomic E-state index is 13.2. The van der Waals surface area contributed by atoms with Crippen LogP contribution in [-0.2, 0) is 28.6 Å². The minimum atomic E-state index is -4.46. The van der Waals surface area contributed by atoms with Crippen LogP contribution < -0.4 is 27.0 Å². The molecule has 0 radical (unpaired) electrons. The van der Waals surface area contributed by atoms with E-state index in [0.29, 0.717) is 12.2 Å². The van der Waals surface area contributed by atoms with Crippen molar-refractivity contribution in [3.8, 4) is 11.5 Å². The Bertz CT molecular complexity index is 2450. The van der Waals surface area contributed by atoms with Crippen molar-refractivity contribution in [2.75, 3.05) is 81.8 Å². The number of pyridine rings is 1. The van der Waals surface area contributed by atoms with Crippen LogP contribution >= 0.6 is 0 Å². The lowest BCUT2D eigenvalue weighted by atomic mass is 10.0. The van der Waals surface area contributed by atoms with E-state index >= 15 is 0 Å². The first-order chi connectivity index (χ1) is 30.7. The van der Waals surface area contributed by atoms with Gasteiger partial charge in [0.2, 0.25) is 23.6 Å². The molecule has 7 rings (SSSR count). The van der Waals surface area contributed by atoms with Gasteiger partial charge < -0.3 is 45.2 Å². The van der Waals surface area contributed by atoms with Gasteiger partial charge in [0.05, 0.1) is 55.9 Å². The van der Waals surface area contributed by atoms with Gasteiger partial charge in [-0.05, 0) is 30.7 Å². The van der Waals surface area contributed by atoms with E-state index in [1.807, 2.05) is 0 Å². The molecule has 0 spiro atoms. The summed E-state index contributed by atoms with van der Waals surface area (Å²) >= 11 is 0. The summed E-state index contributed by atoms with van der Waals surface area (Å²) in [6, 6.07) is 6.07. The average molecular weight is 896 g/mol. The van der Waals surface area contributed by atoms with Crippen LogP contribution in [0.4, 0.5) is 30.4 Å². The minimum absolute atomic E-state index is 0.0205. The third-order valence-corrected chi connectivity index (χ3v) is 10.0. The predicted octanol–water partition coefficient (Wildman–Crippen LogP) is 1.20. The Morgan fingerprint density at radius 2 is 1.70 bits per heavy atom. The Balaban J connectivity index is 0.768. The maximum Gasteiger partial charge on any atom is 0.405 e. The van der Waals surface area contributed by atoms with Crippen molar-refractivity contribution >= 4 is 58.5 Å². The van der Waals surface area contributed by atoms with Crippen molar-refractivity contribution in [3.05, 3.63) is 71.5 Å². The molecule has 4 aromatic rings. The van der Waals surface area contributed by atoms with Crippen LogP contribution in [0.3, 0.4) is 0 Å². The number of primary amides is 1. The number of anilines is 3. The number of hydrogen-bond donors (Lipinski definition) is 5. The quantitative estimate of drug-likeness (QED) is 0.0616. The molecule has 0 aliphatic carbocycles. The number of imide groups is 2. The van der Waals surface area contributed by atoms with Gasteiger partial charge in [-0.1, -0.05) is 6.07 Å². The van der Waals surface area contributed by atoms with Crippen LogP contribution in [0.15, 0.2) is 53.4 Å². The number of benzene rings is 1. The number of alkyl halides is 3. The number of likely N-dealkylation sites (tertiary alicyclic amines) is 1. The zero-order valence-corrected chi connectivity index (χ0v) is 33.6. The van der Waals surface area contributed by atoms with E-state index in [0.717, 1.165) is 11.2 Å². The number of hydrogen-bond acceptors (Lipinski definition) is 16. The van der Waals surface area contributed by atoms with Gasteiger partial charge in [-0.3, -0.25) is 48.5 Å². The largest absolute Gasteiger partial charge is 0.444 e. The third kappa shape index (κ3) is 10.5. The molecule has 64 heavy (non-hydrogen) atoms. The number of piperidine rings is 1. The van der Waals surface area contributed by atoms with Crippen LogP contribution in [0.2, 0.25) is 0 Å². The number of oxazole rings is 1. The van der Waals surface area contributed by atoms with Gasteiger partial charge in [0.15, 0.2) is 11.4 Å². The van der Waals surface area contributed by atoms with Crippen molar-refractivity contribution in [1.29, 1.82) is 0 Å². The van der Waals surface area contributed by atoms with E-state index < -0.39 is 54.2 Å². The molecule has 3 aromatic heterocycles. The SMILES string of the molecule is NC(=O)c1nn(C2CN(C(=O)COCCOCCOCCNc3cccc4c3C(=O)N(C3CCC(=O)NC3=O)C4=O)C2)cc1NC(=O)c1coc(-c2ccnc(NCC(F)(F)F)c2)n1. The molecular weight excluding hydrogens is 855 g/mol. The fourth-order valence-corrected chi connectivity index (χ4v) is 6.84. The van der Waals surface area contributed by atoms with Crippen molar-refractivity contribution < 1.29 is 65.4 Å². The molecule has 6 heterocycles. The monoisotopic (exact) mass is 895 g/mol. The summed E-state index contributed by atoms with van der Waals surface area (Å²) in [4.78, 5) is 98.3. The van der Waals surface area contributed by atoms with Crippen molar-refractivity contribution in [2.45, 2.75) is 31.1 Å². The molecule has 1 atom stereocenters. The Labute approximate surface area is 359 Å². The van der Waals surface area contributed by atoms with Gasteiger partial charge in [-0.2, -0.15) is 18.3 Å². The number of fused-ring (bicyclic) bond motifs is 1. The molecule has 2 fully saturated rings. The highest BCUT2D eigenvalue weighted by atomic mass is 19.4. The standard InChI is InChI=1S/C39H40F3N11O11/c40-39(41,42)20-46-28-14-21(6-7-45-28)36-48-26(18-64-36)34(57)47-25-17-52(50-32(25)33(43)56)22-15-51(16-22)30(55)19-63-13-12-62-11-10-61-9-8-44-24-3-1-2-23-31(24)38(60)53(37(23)59)27-4-5-29(54)49-35(27)58/h1-3,6-7,14,17-18,22,27,44H,4-5,8-13,15-16,19-20H2,(H2,43,56)(H,45,46)(H,47,57)(H,49,54,58). The summed E-state index contributed by atoms with van der Waals surface area (Å²) in [6.07, 6.45) is -0.720. The molecule has 3 aliphatic rings. The maximum absolute atomic E-state index is 13.2. The minimum Gasteiger partial charge on any atom is -0.444 e. The Hall–Kier alpha value is -7.25. The second-order valence-electron chi connectivity index (χ2n) is 14.5. The first-order valence-corrected chi connectivity index (χ1v) is 19.7. The summed E-state index contributed by atoms with van der Waals surface area (Å²) in [5, 5.41) is 14.1. The molecule has 3 aliphatic heterocycles. The number of amides is 7. The summed E-state index contributed by atoms with van der Waals surface area (Å²) in [5.41, 5.74) is 6.00. The van der Waals surface area contributed by atoms with Crippen molar-refractivity contribution in [3.63, 3.8) is 0 Å². The second-order valence-corrected chi connectivity index (χ2v) is 14.5. The van der Waals surface area contributed by atoms with E-state index in [-0.39, 0.29) is 123 Å². The van der Waals surface area contributed by atoms with Crippen LogP contribution in [-0.4, -0.2) is 149 Å². The lowest BCUT2D eigenvalue weighted by Crippen LogP contribution is -2.54. The van der Waals surface area contributed by atoms with Gasteiger partial charge in [0, 0.05) is 49.7 Å². The molecule has 7 amide bonds. The highest BCUT2D eigenvalue weighted by molar-refractivity contribution is 6.25. The summed E-state index contributed by atoms with van der Waals surface area (Å²) < 4.78 is 61.1. The molecule has 2 saturated heterocycles. The normalized spacial score (nSPS) is 16.4. The van der Waals surface area contributed by atoms with Crippen LogP contribution in [0, 0.1) is 0 Å². The third-order valence-electron chi connectivity index (χ3n) is 10.0. The fourth-order valence-electron chi connectivity index (χ4n) is 6.84.